The highest BCUT2D eigenvalue weighted by molar-refractivity contribution is 6.35. The van der Waals surface area contributed by atoms with Gasteiger partial charge in [-0.3, -0.25) is 0 Å². The molecule has 0 atom stereocenters. The van der Waals surface area contributed by atoms with Crippen molar-refractivity contribution in [2.24, 2.45) is 0 Å². The van der Waals surface area contributed by atoms with E-state index in [1.54, 1.807) is 30.3 Å². The molecule has 3 aromatic rings. The third-order valence-electron chi connectivity index (χ3n) is 4.68. The van der Waals surface area contributed by atoms with Crippen LogP contribution in [0.4, 0.5) is 11.4 Å². The standard InChI is InChI=1S/C23H16Cl3NO4/c24-16-3-5-18(25)20(10-16)27-17-4-1-13(2-6-23(28)29)14(8-17)7-15-9-21-22(11-19(15)26)31-12-30-21/h1-6,8-11,27H,7,12H2,(H,28,29)/b6-2+. The SMILES string of the molecule is O=C(O)/C=C/c1ccc(Nc2cc(Cl)ccc2Cl)cc1Cc1cc2c(cc1Cl)OCO2. The Balaban J connectivity index is 1.70. The Bertz CT molecular complexity index is 1190. The van der Waals surface area contributed by atoms with Gasteiger partial charge < -0.3 is 19.9 Å². The van der Waals surface area contributed by atoms with Gasteiger partial charge in [-0.25, -0.2) is 4.79 Å². The van der Waals surface area contributed by atoms with E-state index in [1.807, 2.05) is 24.3 Å². The van der Waals surface area contributed by atoms with Crippen LogP contribution in [0, 0.1) is 0 Å². The predicted octanol–water partition coefficient (Wildman–Crippen LogP) is 6.81. The first-order valence-corrected chi connectivity index (χ1v) is 10.4. The lowest BCUT2D eigenvalue weighted by Gasteiger charge is -2.14. The van der Waals surface area contributed by atoms with E-state index < -0.39 is 5.97 Å². The van der Waals surface area contributed by atoms with Gasteiger partial charge in [0.25, 0.3) is 0 Å². The highest BCUT2D eigenvalue weighted by Crippen LogP contribution is 2.38. The number of halogens is 3. The van der Waals surface area contributed by atoms with Crippen LogP contribution in [0.3, 0.4) is 0 Å². The molecule has 3 aromatic carbocycles. The molecule has 0 saturated heterocycles. The van der Waals surface area contributed by atoms with Gasteiger partial charge in [0.2, 0.25) is 6.79 Å². The Morgan fingerprint density at radius 2 is 1.74 bits per heavy atom. The Kier molecular flexibility index (Phi) is 6.28. The highest BCUT2D eigenvalue weighted by Gasteiger charge is 2.17. The summed E-state index contributed by atoms with van der Waals surface area (Å²) in [6.07, 6.45) is 3.10. The summed E-state index contributed by atoms with van der Waals surface area (Å²) in [5.74, 6) is 0.202. The summed E-state index contributed by atoms with van der Waals surface area (Å²) in [6, 6.07) is 14.3. The van der Waals surface area contributed by atoms with Crippen LogP contribution in [0.2, 0.25) is 15.1 Å². The highest BCUT2D eigenvalue weighted by atomic mass is 35.5. The number of benzene rings is 3. The summed E-state index contributed by atoms with van der Waals surface area (Å²) in [7, 11) is 0. The molecule has 1 aliphatic rings. The Hall–Kier alpha value is -2.86. The Morgan fingerprint density at radius 3 is 2.52 bits per heavy atom. The molecule has 5 nitrogen and oxygen atoms in total. The molecule has 0 fully saturated rings. The number of hydrogen-bond donors (Lipinski definition) is 2. The van der Waals surface area contributed by atoms with E-state index in [4.69, 9.17) is 49.4 Å². The number of carbonyl (C=O) groups is 1. The van der Waals surface area contributed by atoms with Gasteiger partial charge in [-0.2, -0.15) is 0 Å². The second-order valence-electron chi connectivity index (χ2n) is 6.81. The van der Waals surface area contributed by atoms with Crippen LogP contribution >= 0.6 is 34.8 Å². The zero-order valence-electron chi connectivity index (χ0n) is 16.0. The minimum absolute atomic E-state index is 0.154. The van der Waals surface area contributed by atoms with Gasteiger partial charge in [0.1, 0.15) is 0 Å². The molecule has 158 valence electrons. The van der Waals surface area contributed by atoms with E-state index >= 15 is 0 Å². The van der Waals surface area contributed by atoms with Crippen LogP contribution in [-0.2, 0) is 11.2 Å². The number of rotatable bonds is 6. The normalized spacial score (nSPS) is 12.4. The van der Waals surface area contributed by atoms with Crippen molar-refractivity contribution in [3.63, 3.8) is 0 Å². The number of fused-ring (bicyclic) bond motifs is 1. The molecule has 31 heavy (non-hydrogen) atoms. The molecule has 1 aliphatic heterocycles. The second kappa shape index (κ2) is 9.10. The van der Waals surface area contributed by atoms with Crippen LogP contribution in [0.1, 0.15) is 16.7 Å². The van der Waals surface area contributed by atoms with Crippen molar-refractivity contribution in [3.05, 3.63) is 86.4 Å². The molecular weight excluding hydrogens is 461 g/mol. The predicted molar refractivity (Wildman–Crippen MR) is 123 cm³/mol. The van der Waals surface area contributed by atoms with Crippen molar-refractivity contribution >= 4 is 58.2 Å². The zero-order chi connectivity index (χ0) is 22.0. The number of anilines is 2. The van der Waals surface area contributed by atoms with Gasteiger partial charge in [-0.1, -0.05) is 40.9 Å². The first kappa shape index (κ1) is 21.4. The lowest BCUT2D eigenvalue weighted by Crippen LogP contribution is -1.98. The quantitative estimate of drug-likeness (QED) is 0.383. The lowest BCUT2D eigenvalue weighted by molar-refractivity contribution is -0.131. The molecule has 4 rings (SSSR count). The maximum absolute atomic E-state index is 11.0. The number of nitrogens with one attached hydrogen (secondary N) is 1. The van der Waals surface area contributed by atoms with E-state index in [-0.39, 0.29) is 6.79 Å². The van der Waals surface area contributed by atoms with Crippen molar-refractivity contribution in [2.75, 3.05) is 12.1 Å². The lowest BCUT2D eigenvalue weighted by atomic mass is 9.98. The fraction of sp³-hybridized carbons (Fsp3) is 0.0870. The van der Waals surface area contributed by atoms with Gasteiger partial charge in [0, 0.05) is 27.9 Å². The number of hydrogen-bond acceptors (Lipinski definition) is 4. The van der Waals surface area contributed by atoms with Gasteiger partial charge >= 0.3 is 5.97 Å². The van der Waals surface area contributed by atoms with E-state index in [0.29, 0.717) is 38.7 Å². The van der Waals surface area contributed by atoms with Gasteiger partial charge in [-0.05, 0) is 65.6 Å². The molecule has 0 aromatic heterocycles. The zero-order valence-corrected chi connectivity index (χ0v) is 18.3. The molecule has 0 aliphatic carbocycles. The molecule has 0 unspecified atom stereocenters. The van der Waals surface area contributed by atoms with Crippen LogP contribution < -0.4 is 14.8 Å². The molecule has 0 amide bonds. The topological polar surface area (TPSA) is 67.8 Å². The molecule has 8 heteroatoms. The molecule has 2 N–H and O–H groups in total. The number of carboxylic acid groups (broad SMARTS) is 1. The summed E-state index contributed by atoms with van der Waals surface area (Å²) in [4.78, 5) is 11.0. The van der Waals surface area contributed by atoms with Gasteiger partial charge in [-0.15, -0.1) is 0 Å². The molecule has 0 radical (unpaired) electrons. The van der Waals surface area contributed by atoms with E-state index in [9.17, 15) is 4.79 Å². The third-order valence-corrected chi connectivity index (χ3v) is 5.59. The van der Waals surface area contributed by atoms with E-state index in [1.165, 1.54) is 0 Å². The molecule has 0 spiro atoms. The minimum Gasteiger partial charge on any atom is -0.478 e. The molecule has 0 saturated carbocycles. The first-order chi connectivity index (χ1) is 14.9. The Labute approximate surface area is 193 Å². The van der Waals surface area contributed by atoms with Crippen molar-refractivity contribution in [2.45, 2.75) is 6.42 Å². The summed E-state index contributed by atoms with van der Waals surface area (Å²) >= 11 is 18.8. The first-order valence-electron chi connectivity index (χ1n) is 9.23. The van der Waals surface area contributed by atoms with Crippen molar-refractivity contribution in [1.82, 2.24) is 0 Å². The molecule has 1 heterocycles. The van der Waals surface area contributed by atoms with Crippen LogP contribution in [0.25, 0.3) is 6.08 Å². The fourth-order valence-electron chi connectivity index (χ4n) is 3.21. The fourth-order valence-corrected chi connectivity index (χ4v) is 3.77. The van der Waals surface area contributed by atoms with Crippen molar-refractivity contribution in [1.29, 1.82) is 0 Å². The van der Waals surface area contributed by atoms with Crippen LogP contribution in [-0.4, -0.2) is 17.9 Å². The van der Waals surface area contributed by atoms with E-state index in [0.717, 1.165) is 28.5 Å². The third kappa shape index (κ3) is 5.07. The Morgan fingerprint density at radius 1 is 0.968 bits per heavy atom. The summed E-state index contributed by atoms with van der Waals surface area (Å²) in [6.45, 7) is 0.154. The maximum atomic E-state index is 11.0. The average Bonchev–Trinajstić information content (AvgIpc) is 3.17. The smallest absolute Gasteiger partial charge is 0.328 e. The monoisotopic (exact) mass is 475 g/mol. The van der Waals surface area contributed by atoms with Gasteiger partial charge in [0.05, 0.1) is 10.7 Å². The summed E-state index contributed by atoms with van der Waals surface area (Å²) in [5.41, 5.74) is 3.87. The minimum atomic E-state index is -1.03. The summed E-state index contributed by atoms with van der Waals surface area (Å²) in [5, 5.41) is 13.9. The van der Waals surface area contributed by atoms with Crippen molar-refractivity contribution in [3.8, 4) is 11.5 Å². The average molecular weight is 477 g/mol. The number of aliphatic carboxylic acids is 1. The number of ether oxygens (including phenoxy) is 2. The summed E-state index contributed by atoms with van der Waals surface area (Å²) < 4.78 is 10.8. The van der Waals surface area contributed by atoms with Crippen molar-refractivity contribution < 1.29 is 19.4 Å². The molecular formula is C23H16Cl3NO4. The largest absolute Gasteiger partial charge is 0.478 e. The van der Waals surface area contributed by atoms with Crippen LogP contribution in [0.15, 0.2) is 54.6 Å². The van der Waals surface area contributed by atoms with Gasteiger partial charge in [0.15, 0.2) is 11.5 Å². The number of carboxylic acids is 1. The maximum Gasteiger partial charge on any atom is 0.328 e. The van der Waals surface area contributed by atoms with E-state index in [2.05, 4.69) is 5.32 Å². The van der Waals surface area contributed by atoms with Crippen LogP contribution in [0.5, 0.6) is 11.5 Å². The molecule has 0 bridgehead atoms. The second-order valence-corrected chi connectivity index (χ2v) is 8.06.